The number of ether oxygens (including phenoxy) is 1. The van der Waals surface area contributed by atoms with Gasteiger partial charge in [-0.1, -0.05) is 19.1 Å². The van der Waals surface area contributed by atoms with Gasteiger partial charge in [0.25, 0.3) is 0 Å². The van der Waals surface area contributed by atoms with Gasteiger partial charge in [0, 0.05) is 6.54 Å². The number of para-hydroxylation sites is 2. The molecule has 3 rings (SSSR count). The van der Waals surface area contributed by atoms with Crippen LogP contribution in [0.4, 0.5) is 0 Å². The van der Waals surface area contributed by atoms with E-state index < -0.39 is 0 Å². The quantitative estimate of drug-likeness (QED) is 0.894. The lowest BCUT2D eigenvalue weighted by molar-refractivity contribution is 0.0370. The molecule has 1 saturated heterocycles. The molecule has 0 radical (unpaired) electrons. The summed E-state index contributed by atoms with van der Waals surface area (Å²) in [6.45, 7) is 5.02. The van der Waals surface area contributed by atoms with Gasteiger partial charge in [0.1, 0.15) is 0 Å². The third-order valence-electron chi connectivity index (χ3n) is 3.75. The fourth-order valence-corrected chi connectivity index (χ4v) is 2.75. The summed E-state index contributed by atoms with van der Waals surface area (Å²) in [5.41, 5.74) is 2.26. The number of likely N-dealkylation sites (N-methyl/N-ethyl adjacent to an activating group) is 1. The number of hydrogen-bond acceptors (Lipinski definition) is 3. The van der Waals surface area contributed by atoms with Crippen molar-refractivity contribution >= 4 is 11.0 Å². The summed E-state index contributed by atoms with van der Waals surface area (Å²) in [4.78, 5) is 4.42. The van der Waals surface area contributed by atoms with E-state index in [4.69, 9.17) is 4.74 Å². The third-order valence-corrected chi connectivity index (χ3v) is 3.75. The zero-order valence-corrected chi connectivity index (χ0v) is 11.4. The number of fused-ring (bicyclic) bond motifs is 1. The molecule has 1 aliphatic heterocycles. The molecule has 2 unspecified atom stereocenters. The number of aromatic nitrogens is 2. The average Bonchev–Trinajstić information content (AvgIpc) is 3.05. The van der Waals surface area contributed by atoms with Crippen LogP contribution in [0.15, 0.2) is 30.6 Å². The molecule has 2 heterocycles. The highest BCUT2D eigenvalue weighted by atomic mass is 16.5. The van der Waals surface area contributed by atoms with E-state index in [1.165, 1.54) is 5.52 Å². The summed E-state index contributed by atoms with van der Waals surface area (Å²) in [7, 11) is 0. The molecule has 19 heavy (non-hydrogen) atoms. The molecule has 1 aromatic carbocycles. The second-order valence-electron chi connectivity index (χ2n) is 5.15. The van der Waals surface area contributed by atoms with Crippen LogP contribution >= 0.6 is 0 Å². The summed E-state index contributed by atoms with van der Waals surface area (Å²) in [6.07, 6.45) is 4.92. The highest BCUT2D eigenvalue weighted by Gasteiger charge is 2.25. The molecule has 4 nitrogen and oxygen atoms in total. The predicted molar refractivity (Wildman–Crippen MR) is 76.2 cm³/mol. The number of imidazole rings is 1. The Hall–Kier alpha value is -1.39. The van der Waals surface area contributed by atoms with Gasteiger partial charge in [-0.3, -0.25) is 0 Å². The van der Waals surface area contributed by atoms with Gasteiger partial charge in [-0.05, 0) is 31.5 Å². The van der Waals surface area contributed by atoms with E-state index in [1.807, 2.05) is 12.4 Å². The van der Waals surface area contributed by atoms with Crippen LogP contribution in [0, 0.1) is 0 Å². The Labute approximate surface area is 113 Å². The highest BCUT2D eigenvalue weighted by molar-refractivity contribution is 5.74. The number of rotatable bonds is 5. The first-order valence-electron chi connectivity index (χ1n) is 7.13. The van der Waals surface area contributed by atoms with Gasteiger partial charge in [0.05, 0.1) is 36.1 Å². The lowest BCUT2D eigenvalue weighted by Crippen LogP contribution is -2.27. The molecule has 102 valence electrons. The van der Waals surface area contributed by atoms with Gasteiger partial charge < -0.3 is 14.6 Å². The van der Waals surface area contributed by atoms with Crippen LogP contribution in [-0.2, 0) is 11.3 Å². The van der Waals surface area contributed by atoms with Crippen LogP contribution in [0.3, 0.4) is 0 Å². The van der Waals surface area contributed by atoms with Gasteiger partial charge in [-0.15, -0.1) is 0 Å². The van der Waals surface area contributed by atoms with E-state index in [1.54, 1.807) is 0 Å². The van der Waals surface area contributed by atoms with Crippen molar-refractivity contribution in [1.29, 1.82) is 0 Å². The zero-order valence-electron chi connectivity index (χ0n) is 11.4. The first-order chi connectivity index (χ1) is 9.36. The first-order valence-corrected chi connectivity index (χ1v) is 7.13. The normalized spacial score (nSPS) is 23.2. The van der Waals surface area contributed by atoms with Gasteiger partial charge in [0.2, 0.25) is 0 Å². The number of hydrogen-bond donors (Lipinski definition) is 1. The molecule has 0 aliphatic carbocycles. The van der Waals surface area contributed by atoms with Crippen molar-refractivity contribution < 1.29 is 4.74 Å². The maximum absolute atomic E-state index is 6.07. The predicted octanol–water partition coefficient (Wildman–Crippen LogP) is 2.19. The van der Waals surface area contributed by atoms with E-state index in [-0.39, 0.29) is 0 Å². The van der Waals surface area contributed by atoms with Crippen molar-refractivity contribution in [2.75, 3.05) is 13.1 Å². The summed E-state index contributed by atoms with van der Waals surface area (Å²) in [5, 5.41) is 3.36. The van der Waals surface area contributed by atoms with Crippen LogP contribution < -0.4 is 5.32 Å². The minimum absolute atomic E-state index is 0.321. The monoisotopic (exact) mass is 259 g/mol. The summed E-state index contributed by atoms with van der Waals surface area (Å²) in [6, 6.07) is 8.25. The molecule has 0 spiro atoms. The molecular weight excluding hydrogens is 238 g/mol. The van der Waals surface area contributed by atoms with Crippen LogP contribution in [0.5, 0.6) is 0 Å². The van der Waals surface area contributed by atoms with Crippen LogP contribution in [0.25, 0.3) is 11.0 Å². The van der Waals surface area contributed by atoms with E-state index >= 15 is 0 Å². The molecule has 2 atom stereocenters. The number of nitrogens with one attached hydrogen (secondary N) is 1. The standard InChI is InChI=1S/C15H21N3O/c1-2-16-9-12-7-8-13(19-12)10-18-11-17-14-5-3-4-6-15(14)18/h3-6,11-13,16H,2,7-10H2,1H3. The number of nitrogens with zero attached hydrogens (tertiary/aromatic N) is 2. The van der Waals surface area contributed by atoms with Crippen molar-refractivity contribution in [2.45, 2.75) is 38.5 Å². The van der Waals surface area contributed by atoms with Gasteiger partial charge in [-0.25, -0.2) is 4.98 Å². The smallest absolute Gasteiger partial charge is 0.0959 e. The van der Waals surface area contributed by atoms with Crippen molar-refractivity contribution in [3.05, 3.63) is 30.6 Å². The molecule has 0 amide bonds. The van der Waals surface area contributed by atoms with Gasteiger partial charge >= 0.3 is 0 Å². The molecule has 0 saturated carbocycles. The van der Waals surface area contributed by atoms with Crippen molar-refractivity contribution in [3.8, 4) is 0 Å². The third kappa shape index (κ3) is 2.80. The molecule has 1 aliphatic rings. The Bertz CT molecular complexity index is 537. The van der Waals surface area contributed by atoms with Crippen molar-refractivity contribution in [1.82, 2.24) is 14.9 Å². The molecular formula is C15H21N3O. The lowest BCUT2D eigenvalue weighted by Gasteiger charge is -2.15. The molecule has 0 bridgehead atoms. The Kier molecular flexibility index (Phi) is 3.80. The summed E-state index contributed by atoms with van der Waals surface area (Å²) in [5.74, 6) is 0. The lowest BCUT2D eigenvalue weighted by atomic mass is 10.2. The molecule has 4 heteroatoms. The minimum Gasteiger partial charge on any atom is -0.372 e. The van der Waals surface area contributed by atoms with Crippen LogP contribution in [-0.4, -0.2) is 34.8 Å². The summed E-state index contributed by atoms with van der Waals surface area (Å²) >= 11 is 0. The van der Waals surface area contributed by atoms with Gasteiger partial charge in [-0.2, -0.15) is 0 Å². The molecule has 1 N–H and O–H groups in total. The van der Waals surface area contributed by atoms with Gasteiger partial charge in [0.15, 0.2) is 0 Å². The topological polar surface area (TPSA) is 39.1 Å². The maximum Gasteiger partial charge on any atom is 0.0959 e. The van der Waals surface area contributed by atoms with E-state index in [0.717, 1.165) is 38.0 Å². The Morgan fingerprint density at radius 3 is 3.05 bits per heavy atom. The molecule has 2 aromatic rings. The van der Waals surface area contributed by atoms with E-state index in [2.05, 4.69) is 40.0 Å². The zero-order chi connectivity index (χ0) is 13.1. The fourth-order valence-electron chi connectivity index (χ4n) is 2.75. The molecule has 1 aromatic heterocycles. The van der Waals surface area contributed by atoms with Crippen molar-refractivity contribution in [3.63, 3.8) is 0 Å². The minimum atomic E-state index is 0.321. The average molecular weight is 259 g/mol. The molecule has 1 fully saturated rings. The Morgan fingerprint density at radius 2 is 2.16 bits per heavy atom. The van der Waals surface area contributed by atoms with Crippen LogP contribution in [0.1, 0.15) is 19.8 Å². The Balaban J connectivity index is 1.63. The number of benzene rings is 1. The second-order valence-corrected chi connectivity index (χ2v) is 5.15. The SMILES string of the molecule is CCNCC1CCC(Cn2cnc3ccccc32)O1. The van der Waals surface area contributed by atoms with Crippen molar-refractivity contribution in [2.24, 2.45) is 0 Å². The fraction of sp³-hybridized carbons (Fsp3) is 0.533. The van der Waals surface area contributed by atoms with E-state index in [9.17, 15) is 0 Å². The first kappa shape index (κ1) is 12.6. The Morgan fingerprint density at radius 1 is 1.32 bits per heavy atom. The summed E-state index contributed by atoms with van der Waals surface area (Å²) < 4.78 is 8.28. The maximum atomic E-state index is 6.07. The second kappa shape index (κ2) is 5.72. The van der Waals surface area contributed by atoms with Crippen LogP contribution in [0.2, 0.25) is 0 Å². The largest absolute Gasteiger partial charge is 0.372 e. The van der Waals surface area contributed by atoms with E-state index in [0.29, 0.717) is 12.2 Å². The highest BCUT2D eigenvalue weighted by Crippen LogP contribution is 2.22.